The van der Waals surface area contributed by atoms with Gasteiger partial charge in [-0.3, -0.25) is 9.79 Å². The van der Waals surface area contributed by atoms with Gasteiger partial charge in [0, 0.05) is 18.7 Å². The van der Waals surface area contributed by atoms with Gasteiger partial charge in [0.2, 0.25) is 5.91 Å². The molecule has 1 rings (SSSR count). The van der Waals surface area contributed by atoms with Crippen LogP contribution in [0, 0.1) is 17.8 Å². The summed E-state index contributed by atoms with van der Waals surface area (Å²) in [5, 5.41) is 2.32. The second-order valence-electron chi connectivity index (χ2n) is 5.35. The van der Waals surface area contributed by atoms with Crippen LogP contribution in [0.3, 0.4) is 0 Å². The predicted octanol–water partition coefficient (Wildman–Crippen LogP) is 2.42. The van der Waals surface area contributed by atoms with Crippen molar-refractivity contribution < 1.29 is 18.0 Å². The zero-order chi connectivity index (χ0) is 14.3. The molecule has 18 heavy (non-hydrogen) atoms. The molecule has 1 aliphatic heterocycles. The number of rotatable bonds is 1. The highest BCUT2D eigenvalue weighted by Gasteiger charge is 2.57. The van der Waals surface area contributed by atoms with Gasteiger partial charge in [-0.25, -0.2) is 0 Å². The van der Waals surface area contributed by atoms with E-state index in [1.165, 1.54) is 14.0 Å². The monoisotopic (exact) mass is 264 g/mol. The first-order valence-electron chi connectivity index (χ1n) is 5.87. The molecule has 1 N–H and O–H groups in total. The maximum absolute atomic E-state index is 13.2. The molecule has 3 unspecified atom stereocenters. The molecular weight excluding hydrogens is 245 g/mol. The van der Waals surface area contributed by atoms with Gasteiger partial charge in [0.1, 0.15) is 0 Å². The molecule has 1 aliphatic rings. The van der Waals surface area contributed by atoms with Crippen LogP contribution in [0.1, 0.15) is 27.7 Å². The number of carbonyl (C=O) groups excluding carboxylic acids is 1. The average Bonchev–Trinajstić information content (AvgIpc) is 2.19. The molecule has 0 radical (unpaired) electrons. The zero-order valence-electron chi connectivity index (χ0n) is 11.2. The predicted molar refractivity (Wildman–Crippen MR) is 63.5 cm³/mol. The number of hydrogen-bond acceptors (Lipinski definition) is 2. The van der Waals surface area contributed by atoms with E-state index in [2.05, 4.69) is 10.3 Å². The Balaban J connectivity index is 3.34. The molecule has 1 heterocycles. The highest BCUT2D eigenvalue weighted by Crippen LogP contribution is 2.46. The minimum atomic E-state index is -4.41. The van der Waals surface area contributed by atoms with Crippen molar-refractivity contribution in [2.45, 2.75) is 39.4 Å². The first kappa shape index (κ1) is 15.0. The first-order valence-corrected chi connectivity index (χ1v) is 5.87. The van der Waals surface area contributed by atoms with E-state index in [0.717, 1.165) is 0 Å². The Morgan fingerprint density at radius 3 is 2.28 bits per heavy atom. The average molecular weight is 264 g/mol. The summed E-state index contributed by atoms with van der Waals surface area (Å²) in [5.74, 6) is -4.27. The molecule has 0 aromatic heterocycles. The number of nitrogens with one attached hydrogen (secondary N) is 1. The van der Waals surface area contributed by atoms with Crippen LogP contribution in [0.2, 0.25) is 0 Å². The molecule has 104 valence electrons. The standard InChI is InChI=1S/C12H19F3N2O/c1-6-7(2)17-11(3,4)9(10(18)16-5)8(6)12(13,14)15/h6,8-9H,1-5H3,(H,16,18). The summed E-state index contributed by atoms with van der Waals surface area (Å²) in [5.41, 5.74) is -0.598. The van der Waals surface area contributed by atoms with Crippen molar-refractivity contribution in [3.05, 3.63) is 0 Å². The third kappa shape index (κ3) is 2.52. The van der Waals surface area contributed by atoms with Crippen molar-refractivity contribution in [2.24, 2.45) is 22.7 Å². The maximum Gasteiger partial charge on any atom is 0.393 e. The van der Waals surface area contributed by atoms with E-state index in [9.17, 15) is 18.0 Å². The highest BCUT2D eigenvalue weighted by atomic mass is 19.4. The number of carbonyl (C=O) groups is 1. The molecule has 6 heteroatoms. The molecular formula is C12H19F3N2O. The number of alkyl halides is 3. The number of aliphatic imine (C=N–C) groups is 1. The Morgan fingerprint density at radius 1 is 1.39 bits per heavy atom. The Bertz CT molecular complexity index is 374. The molecule has 3 nitrogen and oxygen atoms in total. The lowest BCUT2D eigenvalue weighted by Crippen LogP contribution is -2.55. The van der Waals surface area contributed by atoms with Crippen molar-refractivity contribution >= 4 is 11.6 Å². The fraction of sp³-hybridized carbons (Fsp3) is 0.833. The summed E-state index contributed by atoms with van der Waals surface area (Å²) in [6, 6.07) is 0. The minimum absolute atomic E-state index is 0.447. The largest absolute Gasteiger partial charge is 0.393 e. The van der Waals surface area contributed by atoms with Crippen LogP contribution in [-0.4, -0.2) is 30.4 Å². The summed E-state index contributed by atoms with van der Waals surface area (Å²) in [7, 11) is 1.35. The van der Waals surface area contributed by atoms with Gasteiger partial charge in [0.15, 0.2) is 0 Å². The minimum Gasteiger partial charge on any atom is -0.359 e. The molecule has 0 aliphatic carbocycles. The lowest BCUT2D eigenvalue weighted by molar-refractivity contribution is -0.205. The van der Waals surface area contributed by atoms with Gasteiger partial charge in [0.05, 0.1) is 17.4 Å². The summed E-state index contributed by atoms with van der Waals surface area (Å²) >= 11 is 0. The van der Waals surface area contributed by atoms with Crippen LogP contribution < -0.4 is 5.32 Å². The molecule has 0 aromatic carbocycles. The van der Waals surface area contributed by atoms with E-state index in [0.29, 0.717) is 5.71 Å². The van der Waals surface area contributed by atoms with Crippen molar-refractivity contribution in [3.8, 4) is 0 Å². The second-order valence-corrected chi connectivity index (χ2v) is 5.35. The highest BCUT2D eigenvalue weighted by molar-refractivity contribution is 5.89. The molecule has 0 spiro atoms. The number of halogens is 3. The summed E-state index contributed by atoms with van der Waals surface area (Å²) < 4.78 is 39.7. The quantitative estimate of drug-likeness (QED) is 0.776. The van der Waals surface area contributed by atoms with Crippen molar-refractivity contribution in [1.82, 2.24) is 5.32 Å². The fourth-order valence-corrected chi connectivity index (χ4v) is 2.73. The lowest BCUT2D eigenvalue weighted by Gasteiger charge is -2.43. The fourth-order valence-electron chi connectivity index (χ4n) is 2.73. The smallest absolute Gasteiger partial charge is 0.359 e. The third-order valence-corrected chi connectivity index (χ3v) is 3.69. The van der Waals surface area contributed by atoms with Gasteiger partial charge in [-0.05, 0) is 20.8 Å². The molecule has 3 atom stereocenters. The summed E-state index contributed by atoms with van der Waals surface area (Å²) in [4.78, 5) is 16.1. The van der Waals surface area contributed by atoms with Crippen LogP contribution >= 0.6 is 0 Å². The van der Waals surface area contributed by atoms with Crippen LogP contribution in [0.5, 0.6) is 0 Å². The van der Waals surface area contributed by atoms with Gasteiger partial charge >= 0.3 is 6.18 Å². The van der Waals surface area contributed by atoms with Crippen LogP contribution in [0.25, 0.3) is 0 Å². The molecule has 0 fully saturated rings. The third-order valence-electron chi connectivity index (χ3n) is 3.69. The van der Waals surface area contributed by atoms with Gasteiger partial charge in [-0.2, -0.15) is 13.2 Å². The van der Waals surface area contributed by atoms with Gasteiger partial charge in [0.25, 0.3) is 0 Å². The van der Waals surface area contributed by atoms with Gasteiger partial charge in [-0.1, -0.05) is 6.92 Å². The molecule has 0 saturated heterocycles. The number of hydrogen-bond donors (Lipinski definition) is 1. The van der Waals surface area contributed by atoms with E-state index in [4.69, 9.17) is 0 Å². The van der Waals surface area contributed by atoms with E-state index < -0.39 is 35.4 Å². The second kappa shape index (κ2) is 4.55. The molecule has 0 aromatic rings. The Labute approximate surface area is 105 Å². The van der Waals surface area contributed by atoms with Crippen LogP contribution in [0.4, 0.5) is 13.2 Å². The Kier molecular flexibility index (Phi) is 3.79. The van der Waals surface area contributed by atoms with E-state index in [1.807, 2.05) is 0 Å². The van der Waals surface area contributed by atoms with Crippen molar-refractivity contribution in [2.75, 3.05) is 7.05 Å². The summed E-state index contributed by atoms with van der Waals surface area (Å²) in [6.07, 6.45) is -4.41. The van der Waals surface area contributed by atoms with Gasteiger partial charge < -0.3 is 5.32 Å². The number of nitrogens with zero attached hydrogens (tertiary/aromatic N) is 1. The van der Waals surface area contributed by atoms with E-state index >= 15 is 0 Å². The van der Waals surface area contributed by atoms with Gasteiger partial charge in [-0.15, -0.1) is 0 Å². The Morgan fingerprint density at radius 2 is 1.89 bits per heavy atom. The van der Waals surface area contributed by atoms with Crippen molar-refractivity contribution in [1.29, 1.82) is 0 Å². The Hall–Kier alpha value is -1.07. The number of amides is 1. The normalized spacial score (nSPS) is 31.8. The first-order chi connectivity index (χ1) is 8.02. The SMILES string of the molecule is CNC(=O)C1C(C(F)(F)F)C(C)C(C)=NC1(C)C. The van der Waals surface area contributed by atoms with Crippen LogP contribution in [-0.2, 0) is 4.79 Å². The van der Waals surface area contributed by atoms with Crippen LogP contribution in [0.15, 0.2) is 4.99 Å². The molecule has 1 amide bonds. The zero-order valence-corrected chi connectivity index (χ0v) is 11.2. The lowest BCUT2D eigenvalue weighted by atomic mass is 9.68. The molecule has 0 saturated carbocycles. The molecule has 0 bridgehead atoms. The van der Waals surface area contributed by atoms with E-state index in [-0.39, 0.29) is 0 Å². The van der Waals surface area contributed by atoms with E-state index in [1.54, 1.807) is 20.8 Å². The summed E-state index contributed by atoms with van der Waals surface area (Å²) in [6.45, 7) is 6.20. The maximum atomic E-state index is 13.2. The topological polar surface area (TPSA) is 41.5 Å². The van der Waals surface area contributed by atoms with Crippen molar-refractivity contribution in [3.63, 3.8) is 0 Å².